The van der Waals surface area contributed by atoms with Crippen LogP contribution in [0.4, 0.5) is 17.1 Å². The monoisotopic (exact) mass is 271 g/mol. The molecular formula is C14H13N3O3. The number of aromatic nitrogens is 1. The van der Waals surface area contributed by atoms with Gasteiger partial charge in [0, 0.05) is 30.7 Å². The quantitative estimate of drug-likeness (QED) is 0.794. The third-order valence-electron chi connectivity index (χ3n) is 2.51. The summed E-state index contributed by atoms with van der Waals surface area (Å²) in [6.45, 7) is 1.42. The van der Waals surface area contributed by atoms with E-state index >= 15 is 0 Å². The van der Waals surface area contributed by atoms with Crippen LogP contribution in [0.25, 0.3) is 0 Å². The summed E-state index contributed by atoms with van der Waals surface area (Å²) in [6, 6.07) is 8.58. The van der Waals surface area contributed by atoms with E-state index in [-0.39, 0.29) is 11.5 Å². The molecule has 0 atom stereocenters. The second kappa shape index (κ2) is 5.83. The fourth-order valence-corrected chi connectivity index (χ4v) is 1.71. The Morgan fingerprint density at radius 3 is 2.65 bits per heavy atom. The van der Waals surface area contributed by atoms with E-state index in [0.717, 1.165) is 0 Å². The van der Waals surface area contributed by atoms with Crippen LogP contribution in [0.5, 0.6) is 0 Å². The molecule has 0 aliphatic carbocycles. The second-order valence-electron chi connectivity index (χ2n) is 4.11. The van der Waals surface area contributed by atoms with Crippen molar-refractivity contribution in [2.45, 2.75) is 6.92 Å². The fraction of sp³-hybridized carbons (Fsp3) is 0.0714. The maximum Gasteiger partial charge on any atom is 0.339 e. The number of rotatable bonds is 4. The van der Waals surface area contributed by atoms with Crippen molar-refractivity contribution in [1.82, 2.24) is 4.98 Å². The lowest BCUT2D eigenvalue weighted by molar-refractivity contribution is -0.114. The minimum absolute atomic E-state index is 0.0810. The Morgan fingerprint density at radius 2 is 1.95 bits per heavy atom. The second-order valence-corrected chi connectivity index (χ2v) is 4.11. The molecule has 6 heteroatoms. The summed E-state index contributed by atoms with van der Waals surface area (Å²) in [6.07, 6.45) is 2.79. The number of anilines is 3. The van der Waals surface area contributed by atoms with Crippen molar-refractivity contribution in [3.63, 3.8) is 0 Å². The van der Waals surface area contributed by atoms with Gasteiger partial charge in [0.1, 0.15) is 5.56 Å². The highest BCUT2D eigenvalue weighted by atomic mass is 16.4. The highest BCUT2D eigenvalue weighted by molar-refractivity contribution is 5.95. The molecule has 1 heterocycles. The zero-order valence-corrected chi connectivity index (χ0v) is 10.8. The van der Waals surface area contributed by atoms with E-state index in [4.69, 9.17) is 5.11 Å². The maximum absolute atomic E-state index is 11.1. The van der Waals surface area contributed by atoms with Gasteiger partial charge in [-0.15, -0.1) is 0 Å². The average Bonchev–Trinajstić information content (AvgIpc) is 2.38. The van der Waals surface area contributed by atoms with Crippen LogP contribution in [-0.2, 0) is 4.79 Å². The highest BCUT2D eigenvalue weighted by Gasteiger charge is 2.10. The van der Waals surface area contributed by atoms with Crippen LogP contribution < -0.4 is 10.6 Å². The molecule has 20 heavy (non-hydrogen) atoms. The number of pyridine rings is 1. The highest BCUT2D eigenvalue weighted by Crippen LogP contribution is 2.22. The SMILES string of the molecule is CC(=O)Nc1cccc(Nc2ccncc2C(=O)O)c1. The van der Waals surface area contributed by atoms with Crippen LogP contribution in [-0.4, -0.2) is 22.0 Å². The van der Waals surface area contributed by atoms with Gasteiger partial charge in [-0.3, -0.25) is 9.78 Å². The number of carboxylic acids is 1. The first-order chi connectivity index (χ1) is 9.56. The molecule has 2 aromatic rings. The van der Waals surface area contributed by atoms with Crippen LogP contribution in [0.2, 0.25) is 0 Å². The average molecular weight is 271 g/mol. The third kappa shape index (κ3) is 3.32. The first kappa shape index (κ1) is 13.5. The molecule has 0 fully saturated rings. The molecule has 1 amide bonds. The molecule has 0 bridgehead atoms. The van der Waals surface area contributed by atoms with Gasteiger partial charge in [-0.05, 0) is 24.3 Å². The Hall–Kier alpha value is -2.89. The van der Waals surface area contributed by atoms with Crippen molar-refractivity contribution in [3.05, 3.63) is 48.3 Å². The normalized spacial score (nSPS) is 9.85. The Labute approximate surface area is 115 Å². The van der Waals surface area contributed by atoms with Crippen LogP contribution in [0.15, 0.2) is 42.7 Å². The van der Waals surface area contributed by atoms with Crippen molar-refractivity contribution >= 4 is 28.9 Å². The fourth-order valence-electron chi connectivity index (χ4n) is 1.71. The van der Waals surface area contributed by atoms with Gasteiger partial charge >= 0.3 is 5.97 Å². The molecule has 2 rings (SSSR count). The van der Waals surface area contributed by atoms with Crippen molar-refractivity contribution in [2.24, 2.45) is 0 Å². The number of hydrogen-bond donors (Lipinski definition) is 3. The van der Waals surface area contributed by atoms with Gasteiger partial charge in [-0.25, -0.2) is 4.79 Å². The Kier molecular flexibility index (Phi) is 3.95. The number of nitrogens with one attached hydrogen (secondary N) is 2. The molecule has 0 spiro atoms. The van der Waals surface area contributed by atoms with Crippen molar-refractivity contribution in [3.8, 4) is 0 Å². The molecular weight excluding hydrogens is 258 g/mol. The molecule has 6 nitrogen and oxygen atoms in total. The van der Waals surface area contributed by atoms with Gasteiger partial charge in [-0.1, -0.05) is 6.07 Å². The Bertz CT molecular complexity index is 656. The van der Waals surface area contributed by atoms with Crippen molar-refractivity contribution in [1.29, 1.82) is 0 Å². The predicted molar refractivity (Wildman–Crippen MR) is 75.2 cm³/mol. The Morgan fingerprint density at radius 1 is 1.20 bits per heavy atom. The van der Waals surface area contributed by atoms with Crippen LogP contribution >= 0.6 is 0 Å². The summed E-state index contributed by atoms with van der Waals surface area (Å²) >= 11 is 0. The summed E-state index contributed by atoms with van der Waals surface area (Å²) < 4.78 is 0. The summed E-state index contributed by atoms with van der Waals surface area (Å²) in [5.41, 5.74) is 1.82. The van der Waals surface area contributed by atoms with Crippen molar-refractivity contribution < 1.29 is 14.7 Å². The van der Waals surface area contributed by atoms with E-state index in [1.54, 1.807) is 30.3 Å². The molecule has 0 unspecified atom stereocenters. The summed E-state index contributed by atoms with van der Waals surface area (Å²) in [7, 11) is 0. The minimum Gasteiger partial charge on any atom is -0.478 e. The first-order valence-electron chi connectivity index (χ1n) is 5.88. The smallest absolute Gasteiger partial charge is 0.339 e. The topological polar surface area (TPSA) is 91.3 Å². The maximum atomic E-state index is 11.1. The number of aromatic carboxylic acids is 1. The lowest BCUT2D eigenvalue weighted by Gasteiger charge is -2.10. The lowest BCUT2D eigenvalue weighted by Crippen LogP contribution is -2.06. The molecule has 1 aromatic carbocycles. The molecule has 0 saturated carbocycles. The van der Waals surface area contributed by atoms with E-state index in [9.17, 15) is 9.59 Å². The first-order valence-corrected chi connectivity index (χ1v) is 5.88. The largest absolute Gasteiger partial charge is 0.478 e. The zero-order valence-electron chi connectivity index (χ0n) is 10.8. The van der Waals surface area contributed by atoms with E-state index in [0.29, 0.717) is 17.1 Å². The van der Waals surface area contributed by atoms with Gasteiger partial charge < -0.3 is 15.7 Å². The van der Waals surface area contributed by atoms with Crippen molar-refractivity contribution in [2.75, 3.05) is 10.6 Å². The van der Waals surface area contributed by atoms with E-state index in [1.165, 1.54) is 19.3 Å². The van der Waals surface area contributed by atoms with Gasteiger partial charge in [0.2, 0.25) is 5.91 Å². The van der Waals surface area contributed by atoms with E-state index in [1.807, 2.05) is 0 Å². The van der Waals surface area contributed by atoms with Crippen LogP contribution in [0, 0.1) is 0 Å². The van der Waals surface area contributed by atoms with Crippen LogP contribution in [0.1, 0.15) is 17.3 Å². The number of amides is 1. The number of carboxylic acid groups (broad SMARTS) is 1. The molecule has 0 radical (unpaired) electrons. The molecule has 1 aromatic heterocycles. The van der Waals surface area contributed by atoms with E-state index in [2.05, 4.69) is 15.6 Å². The molecule has 3 N–H and O–H groups in total. The van der Waals surface area contributed by atoms with Crippen LogP contribution in [0.3, 0.4) is 0 Å². The number of nitrogens with zero attached hydrogens (tertiary/aromatic N) is 1. The third-order valence-corrected chi connectivity index (χ3v) is 2.51. The number of hydrogen-bond acceptors (Lipinski definition) is 4. The Balaban J connectivity index is 2.26. The van der Waals surface area contributed by atoms with Gasteiger partial charge in [0.15, 0.2) is 0 Å². The lowest BCUT2D eigenvalue weighted by atomic mass is 10.2. The summed E-state index contributed by atoms with van der Waals surface area (Å²) in [5, 5.41) is 14.7. The number of carbonyl (C=O) groups is 2. The molecule has 0 saturated heterocycles. The molecule has 102 valence electrons. The number of benzene rings is 1. The summed E-state index contributed by atoms with van der Waals surface area (Å²) in [4.78, 5) is 25.9. The van der Waals surface area contributed by atoms with E-state index < -0.39 is 5.97 Å². The van der Waals surface area contributed by atoms with Gasteiger partial charge in [-0.2, -0.15) is 0 Å². The zero-order chi connectivity index (χ0) is 14.5. The summed E-state index contributed by atoms with van der Waals surface area (Å²) in [5.74, 6) is -1.23. The molecule has 0 aliphatic heterocycles. The van der Waals surface area contributed by atoms with Gasteiger partial charge in [0.05, 0.1) is 5.69 Å². The predicted octanol–water partition coefficient (Wildman–Crippen LogP) is 2.48. The minimum atomic E-state index is -1.06. The molecule has 0 aliphatic rings. The number of carbonyl (C=O) groups excluding carboxylic acids is 1. The standard InChI is InChI=1S/C14H13N3O3/c1-9(18)16-10-3-2-4-11(7-10)17-13-5-6-15-8-12(13)14(19)20/h2-8H,1H3,(H,15,17)(H,16,18)(H,19,20). The van der Waals surface area contributed by atoms with Gasteiger partial charge in [0.25, 0.3) is 0 Å².